The maximum absolute atomic E-state index is 6.14. The predicted molar refractivity (Wildman–Crippen MR) is 72.2 cm³/mol. The Hall–Kier alpha value is 0.680. The molecule has 0 nitrogen and oxygen atoms in total. The average Bonchev–Trinajstić information content (AvgIpc) is 2.60. The van der Waals surface area contributed by atoms with Crippen LogP contribution in [0.1, 0.15) is 5.56 Å². The van der Waals surface area contributed by atoms with Gasteiger partial charge >= 0.3 is 0 Å². The fraction of sp³-hybridized carbons (Fsp3) is 0.111. The van der Waals surface area contributed by atoms with Crippen LogP contribution in [0.4, 0.5) is 0 Å². The summed E-state index contributed by atoms with van der Waals surface area (Å²) in [7, 11) is 0. The molecule has 0 bridgehead atoms. The molecule has 0 saturated heterocycles. The highest BCUT2D eigenvalue weighted by Gasteiger charge is 2.08. The molecule has 2 rings (SSSR count). The van der Waals surface area contributed by atoms with Crippen molar-refractivity contribution < 1.29 is 0 Å². The second-order valence-electron chi connectivity index (χ2n) is 2.63. The minimum absolute atomic E-state index is 0.858. The van der Waals surface area contributed by atoms with Crippen LogP contribution in [0.5, 0.6) is 0 Å². The smallest absolute Gasteiger partial charge is 0.0588 e. The first-order valence-electron chi connectivity index (χ1n) is 3.64. The standard InChI is InChI=1S/C9H5BrClIS/c10-4-5-3-7(11)9-6(8(5)12)1-2-13-9/h1-3H,4H2. The molecular formula is C9H5BrClIS. The average molecular weight is 387 g/mol. The fourth-order valence-electron chi connectivity index (χ4n) is 1.22. The van der Waals surface area contributed by atoms with Crippen LogP contribution >= 0.6 is 61.5 Å². The Morgan fingerprint density at radius 2 is 2.31 bits per heavy atom. The minimum Gasteiger partial charge on any atom is -0.142 e. The van der Waals surface area contributed by atoms with E-state index >= 15 is 0 Å². The first kappa shape index (κ1) is 10.2. The molecule has 0 N–H and O–H groups in total. The molecular weight excluding hydrogens is 382 g/mol. The van der Waals surface area contributed by atoms with Crippen LogP contribution in [0.15, 0.2) is 17.5 Å². The molecule has 1 aromatic heterocycles. The monoisotopic (exact) mass is 386 g/mol. The summed E-state index contributed by atoms with van der Waals surface area (Å²) < 4.78 is 2.49. The largest absolute Gasteiger partial charge is 0.142 e. The maximum Gasteiger partial charge on any atom is 0.0588 e. The summed E-state index contributed by atoms with van der Waals surface area (Å²) >= 11 is 13.7. The minimum atomic E-state index is 0.858. The molecule has 0 spiro atoms. The van der Waals surface area contributed by atoms with Crippen molar-refractivity contribution in [2.45, 2.75) is 5.33 Å². The zero-order chi connectivity index (χ0) is 9.42. The molecule has 0 aliphatic rings. The van der Waals surface area contributed by atoms with Crippen molar-refractivity contribution in [3.8, 4) is 0 Å². The van der Waals surface area contributed by atoms with E-state index in [0.717, 1.165) is 10.4 Å². The van der Waals surface area contributed by atoms with Crippen molar-refractivity contribution in [2.75, 3.05) is 0 Å². The Bertz CT molecular complexity index is 452. The van der Waals surface area contributed by atoms with E-state index in [9.17, 15) is 0 Å². The molecule has 0 unspecified atom stereocenters. The Morgan fingerprint density at radius 1 is 1.54 bits per heavy atom. The molecule has 4 heteroatoms. The van der Waals surface area contributed by atoms with Crippen LogP contribution in [-0.4, -0.2) is 0 Å². The lowest BCUT2D eigenvalue weighted by Gasteiger charge is -2.03. The van der Waals surface area contributed by atoms with Gasteiger partial charge in [0.15, 0.2) is 0 Å². The third-order valence-electron chi connectivity index (χ3n) is 1.85. The molecule has 68 valence electrons. The summed E-state index contributed by atoms with van der Waals surface area (Å²) in [5, 5.41) is 5.07. The summed E-state index contributed by atoms with van der Waals surface area (Å²) in [6.45, 7) is 0. The second kappa shape index (κ2) is 4.04. The number of hydrogen-bond acceptors (Lipinski definition) is 1. The highest BCUT2D eigenvalue weighted by Crippen LogP contribution is 2.35. The summed E-state index contributed by atoms with van der Waals surface area (Å²) in [5.41, 5.74) is 1.26. The van der Waals surface area contributed by atoms with E-state index in [1.165, 1.54) is 19.2 Å². The lowest BCUT2D eigenvalue weighted by atomic mass is 10.2. The van der Waals surface area contributed by atoms with Gasteiger partial charge in [-0.05, 0) is 45.7 Å². The molecule has 0 amide bonds. The van der Waals surface area contributed by atoms with Gasteiger partial charge in [-0.25, -0.2) is 0 Å². The SMILES string of the molecule is Clc1cc(CBr)c(I)c2ccsc12. The summed E-state index contributed by atoms with van der Waals surface area (Å²) in [4.78, 5) is 0. The van der Waals surface area contributed by atoms with Crippen molar-refractivity contribution in [1.82, 2.24) is 0 Å². The van der Waals surface area contributed by atoms with Gasteiger partial charge in [-0.2, -0.15) is 0 Å². The normalized spacial score (nSPS) is 11.0. The third-order valence-corrected chi connectivity index (χ3v) is 5.08. The van der Waals surface area contributed by atoms with E-state index in [1.54, 1.807) is 11.3 Å². The number of alkyl halides is 1. The molecule has 1 heterocycles. The Kier molecular flexibility index (Phi) is 3.18. The lowest BCUT2D eigenvalue weighted by molar-refractivity contribution is 1.44. The highest BCUT2D eigenvalue weighted by molar-refractivity contribution is 14.1. The number of thiophene rings is 1. The van der Waals surface area contributed by atoms with Gasteiger partial charge in [0.25, 0.3) is 0 Å². The van der Waals surface area contributed by atoms with Crippen molar-refractivity contribution in [3.05, 3.63) is 31.7 Å². The molecule has 13 heavy (non-hydrogen) atoms. The van der Waals surface area contributed by atoms with Crippen molar-refractivity contribution in [3.63, 3.8) is 0 Å². The van der Waals surface area contributed by atoms with Crippen LogP contribution in [0.3, 0.4) is 0 Å². The zero-order valence-electron chi connectivity index (χ0n) is 6.48. The zero-order valence-corrected chi connectivity index (χ0v) is 11.8. The Balaban J connectivity index is 2.85. The summed E-state index contributed by atoms with van der Waals surface area (Å²) in [5.74, 6) is 0. The van der Waals surface area contributed by atoms with Crippen molar-refractivity contribution >= 4 is 71.5 Å². The van der Waals surface area contributed by atoms with Gasteiger partial charge < -0.3 is 0 Å². The molecule has 0 radical (unpaired) electrons. The van der Waals surface area contributed by atoms with Gasteiger partial charge in [-0.3, -0.25) is 0 Å². The molecule has 1 aromatic carbocycles. The van der Waals surface area contributed by atoms with Gasteiger partial charge in [0.1, 0.15) is 0 Å². The fourth-order valence-corrected chi connectivity index (χ4v) is 4.34. The summed E-state index contributed by atoms with van der Waals surface area (Å²) in [6, 6.07) is 4.16. The molecule has 0 fully saturated rings. The molecule has 0 atom stereocenters. The van der Waals surface area contributed by atoms with E-state index in [0.29, 0.717) is 0 Å². The van der Waals surface area contributed by atoms with Crippen LogP contribution in [0, 0.1) is 3.57 Å². The predicted octanol–water partition coefficient (Wildman–Crippen LogP) is 5.05. The second-order valence-corrected chi connectivity index (χ2v) is 5.59. The van der Waals surface area contributed by atoms with E-state index in [4.69, 9.17) is 11.6 Å². The maximum atomic E-state index is 6.14. The first-order valence-corrected chi connectivity index (χ1v) is 7.10. The Morgan fingerprint density at radius 3 is 3.00 bits per heavy atom. The highest BCUT2D eigenvalue weighted by atomic mass is 127. The first-order chi connectivity index (χ1) is 6.24. The van der Waals surface area contributed by atoms with E-state index < -0.39 is 0 Å². The number of hydrogen-bond donors (Lipinski definition) is 0. The van der Waals surface area contributed by atoms with Gasteiger partial charge in [0, 0.05) is 14.3 Å². The van der Waals surface area contributed by atoms with Crippen molar-refractivity contribution in [2.24, 2.45) is 0 Å². The van der Waals surface area contributed by atoms with Gasteiger partial charge in [-0.15, -0.1) is 11.3 Å². The van der Waals surface area contributed by atoms with Gasteiger partial charge in [-0.1, -0.05) is 27.5 Å². The molecule has 2 aromatic rings. The van der Waals surface area contributed by atoms with E-state index in [1.807, 2.05) is 6.07 Å². The number of fused-ring (bicyclic) bond motifs is 1. The van der Waals surface area contributed by atoms with Crippen LogP contribution in [-0.2, 0) is 5.33 Å². The van der Waals surface area contributed by atoms with Crippen LogP contribution in [0.25, 0.3) is 10.1 Å². The number of halogens is 3. The van der Waals surface area contributed by atoms with E-state index in [-0.39, 0.29) is 0 Å². The molecule has 0 saturated carbocycles. The topological polar surface area (TPSA) is 0 Å². The lowest BCUT2D eigenvalue weighted by Crippen LogP contribution is -1.84. The van der Waals surface area contributed by atoms with Crippen LogP contribution in [0.2, 0.25) is 5.02 Å². The van der Waals surface area contributed by atoms with E-state index in [2.05, 4.69) is 50.0 Å². The van der Waals surface area contributed by atoms with Gasteiger partial charge in [0.05, 0.1) is 9.72 Å². The summed E-state index contributed by atoms with van der Waals surface area (Å²) in [6.07, 6.45) is 0. The third kappa shape index (κ3) is 1.76. The quantitative estimate of drug-likeness (QED) is 0.474. The number of benzene rings is 1. The van der Waals surface area contributed by atoms with Crippen LogP contribution < -0.4 is 0 Å². The number of rotatable bonds is 1. The van der Waals surface area contributed by atoms with Crippen molar-refractivity contribution in [1.29, 1.82) is 0 Å². The Labute approximate surface area is 108 Å². The molecule has 0 aliphatic heterocycles. The molecule has 0 aliphatic carbocycles. The van der Waals surface area contributed by atoms with Gasteiger partial charge in [0.2, 0.25) is 0 Å².